The Labute approximate surface area is 166 Å². The van der Waals surface area contributed by atoms with Gasteiger partial charge in [-0.05, 0) is 18.1 Å². The number of rotatable bonds is 6. The highest BCUT2D eigenvalue weighted by molar-refractivity contribution is 7.15. The molecule has 1 amide bonds. The number of aromatic nitrogens is 3. The zero-order chi connectivity index (χ0) is 19.3. The van der Waals surface area contributed by atoms with Crippen molar-refractivity contribution in [2.45, 2.75) is 20.0 Å². The van der Waals surface area contributed by atoms with Gasteiger partial charge in [0.05, 0.1) is 5.69 Å². The minimum atomic E-state index is -0.422. The van der Waals surface area contributed by atoms with Crippen LogP contribution in [-0.4, -0.2) is 27.2 Å². The maximum atomic E-state index is 11.9. The van der Waals surface area contributed by atoms with Gasteiger partial charge in [0.2, 0.25) is 4.96 Å². The molecule has 142 valence electrons. The number of carbonyl (C=O) groups excluding carboxylic acids is 1. The summed E-state index contributed by atoms with van der Waals surface area (Å²) in [5, 5.41) is 9.46. The zero-order valence-electron chi connectivity index (χ0n) is 15.5. The van der Waals surface area contributed by atoms with E-state index in [1.165, 1.54) is 0 Å². The molecule has 0 aliphatic carbocycles. The number of thiazole rings is 1. The maximum Gasteiger partial charge on any atom is 0.407 e. The topological polar surface area (TPSA) is 68.5 Å². The van der Waals surface area contributed by atoms with Crippen LogP contribution in [0.25, 0.3) is 16.3 Å². The summed E-state index contributed by atoms with van der Waals surface area (Å²) in [5.41, 5.74) is 4.15. The Kier molecular flexibility index (Phi) is 5.34. The summed E-state index contributed by atoms with van der Waals surface area (Å²) in [5.74, 6) is 0.724. The third-order valence-electron chi connectivity index (χ3n) is 4.40. The lowest BCUT2D eigenvalue weighted by atomic mass is 10.1. The van der Waals surface area contributed by atoms with Crippen LogP contribution >= 0.6 is 11.3 Å². The summed E-state index contributed by atoms with van der Waals surface area (Å²) >= 11 is 1.55. The lowest BCUT2D eigenvalue weighted by molar-refractivity contribution is 0.140. The Hall–Kier alpha value is -3.19. The average molecular weight is 392 g/mol. The van der Waals surface area contributed by atoms with E-state index in [1.807, 2.05) is 58.4 Å². The molecule has 0 aliphatic heterocycles. The predicted octanol–water partition coefficient (Wildman–Crippen LogP) is 4.24. The van der Waals surface area contributed by atoms with Crippen LogP contribution < -0.4 is 5.32 Å². The fourth-order valence-corrected chi connectivity index (χ4v) is 3.76. The number of benzene rings is 2. The first-order chi connectivity index (χ1) is 13.7. The molecule has 4 rings (SSSR count). The molecule has 2 aromatic carbocycles. The van der Waals surface area contributed by atoms with Crippen molar-refractivity contribution in [2.75, 3.05) is 6.54 Å². The van der Waals surface area contributed by atoms with Gasteiger partial charge in [0.15, 0.2) is 5.82 Å². The van der Waals surface area contributed by atoms with E-state index in [2.05, 4.69) is 28.4 Å². The van der Waals surface area contributed by atoms with E-state index in [9.17, 15) is 4.79 Å². The molecule has 2 aromatic heterocycles. The minimum Gasteiger partial charge on any atom is -0.445 e. The summed E-state index contributed by atoms with van der Waals surface area (Å²) in [4.78, 5) is 17.3. The molecule has 6 nitrogen and oxygen atoms in total. The Morgan fingerprint density at radius 2 is 1.93 bits per heavy atom. The molecule has 28 heavy (non-hydrogen) atoms. The summed E-state index contributed by atoms with van der Waals surface area (Å²) in [7, 11) is 0. The summed E-state index contributed by atoms with van der Waals surface area (Å²) in [6, 6.07) is 17.7. The fraction of sp³-hybridized carbons (Fsp3) is 0.190. The van der Waals surface area contributed by atoms with E-state index in [4.69, 9.17) is 4.74 Å². The Morgan fingerprint density at radius 1 is 1.14 bits per heavy atom. The zero-order valence-corrected chi connectivity index (χ0v) is 16.3. The minimum absolute atomic E-state index is 0.262. The molecule has 0 aliphatic rings. The molecule has 1 N–H and O–H groups in total. The summed E-state index contributed by atoms with van der Waals surface area (Å²) < 4.78 is 7.08. The van der Waals surface area contributed by atoms with Crippen molar-refractivity contribution < 1.29 is 9.53 Å². The van der Waals surface area contributed by atoms with E-state index in [1.54, 1.807) is 11.3 Å². The number of aryl methyl sites for hydroxylation is 1. The average Bonchev–Trinajstić information content (AvgIpc) is 3.29. The van der Waals surface area contributed by atoms with Crippen LogP contribution in [0.3, 0.4) is 0 Å². The quantitative estimate of drug-likeness (QED) is 0.533. The van der Waals surface area contributed by atoms with Crippen molar-refractivity contribution in [2.24, 2.45) is 0 Å². The van der Waals surface area contributed by atoms with Gasteiger partial charge in [0.1, 0.15) is 6.61 Å². The second kappa shape index (κ2) is 8.22. The Balaban J connectivity index is 1.35. The number of carbonyl (C=O) groups is 1. The first-order valence-corrected chi connectivity index (χ1v) is 9.92. The normalized spacial score (nSPS) is 10.9. The second-order valence-corrected chi connectivity index (χ2v) is 7.25. The maximum absolute atomic E-state index is 11.9. The molecule has 7 heteroatoms. The molecule has 2 heterocycles. The van der Waals surface area contributed by atoms with Gasteiger partial charge >= 0.3 is 6.09 Å². The molecule has 0 unspecified atom stereocenters. The van der Waals surface area contributed by atoms with E-state index >= 15 is 0 Å². The van der Waals surface area contributed by atoms with Crippen molar-refractivity contribution in [1.29, 1.82) is 0 Å². The number of hydrogen-bond acceptors (Lipinski definition) is 5. The smallest absolute Gasteiger partial charge is 0.407 e. The highest BCUT2D eigenvalue weighted by Gasteiger charge is 2.13. The van der Waals surface area contributed by atoms with Crippen molar-refractivity contribution >= 4 is 22.4 Å². The van der Waals surface area contributed by atoms with Gasteiger partial charge in [-0.1, -0.05) is 54.6 Å². The molecular weight excluding hydrogens is 372 g/mol. The van der Waals surface area contributed by atoms with Crippen LogP contribution in [0.15, 0.2) is 60.0 Å². The molecule has 4 aromatic rings. The Morgan fingerprint density at radius 3 is 2.75 bits per heavy atom. The van der Waals surface area contributed by atoms with Crippen LogP contribution in [0.5, 0.6) is 0 Å². The third kappa shape index (κ3) is 4.04. The number of alkyl carbamates (subject to hydrolysis) is 1. The van der Waals surface area contributed by atoms with Crippen LogP contribution in [0.2, 0.25) is 0 Å². The lowest BCUT2D eigenvalue weighted by Gasteiger charge is -2.06. The first kappa shape index (κ1) is 18.2. The highest BCUT2D eigenvalue weighted by Crippen LogP contribution is 2.23. The standard InChI is InChI=1S/C21H20N4O2S/c1-15-7-5-6-10-18(15)19-23-20-25(24-19)17(14-28-20)11-12-22-21(26)27-13-16-8-3-2-4-9-16/h2-10,14H,11-13H2,1H3,(H,22,26). The molecule has 0 atom stereocenters. The van der Waals surface area contributed by atoms with Gasteiger partial charge in [-0.2, -0.15) is 4.98 Å². The van der Waals surface area contributed by atoms with Gasteiger partial charge < -0.3 is 10.1 Å². The number of hydrogen-bond donors (Lipinski definition) is 1. The first-order valence-electron chi connectivity index (χ1n) is 9.04. The molecular formula is C21H20N4O2S. The predicted molar refractivity (Wildman–Crippen MR) is 109 cm³/mol. The molecule has 0 saturated carbocycles. The third-order valence-corrected chi connectivity index (χ3v) is 5.26. The van der Waals surface area contributed by atoms with Crippen LogP contribution in [-0.2, 0) is 17.8 Å². The van der Waals surface area contributed by atoms with Crippen LogP contribution in [0.4, 0.5) is 4.79 Å². The van der Waals surface area contributed by atoms with Crippen molar-refractivity contribution in [3.05, 3.63) is 76.8 Å². The highest BCUT2D eigenvalue weighted by atomic mass is 32.1. The largest absolute Gasteiger partial charge is 0.445 e. The summed E-state index contributed by atoms with van der Waals surface area (Å²) in [6.45, 7) is 2.79. The molecule has 0 bridgehead atoms. The van der Waals surface area contributed by atoms with Crippen molar-refractivity contribution in [3.8, 4) is 11.4 Å². The van der Waals surface area contributed by atoms with E-state index in [-0.39, 0.29) is 6.61 Å². The molecule has 0 spiro atoms. The molecule has 0 fully saturated rings. The fourth-order valence-electron chi connectivity index (χ4n) is 2.90. The Bertz CT molecular complexity index is 1090. The number of nitrogens with zero attached hydrogens (tertiary/aromatic N) is 3. The number of fused-ring (bicyclic) bond motifs is 1. The van der Waals surface area contributed by atoms with Gasteiger partial charge in [-0.25, -0.2) is 9.31 Å². The van der Waals surface area contributed by atoms with Crippen molar-refractivity contribution in [1.82, 2.24) is 19.9 Å². The second-order valence-electron chi connectivity index (χ2n) is 6.41. The van der Waals surface area contributed by atoms with Crippen LogP contribution in [0, 0.1) is 6.92 Å². The van der Waals surface area contributed by atoms with Gasteiger partial charge in [-0.3, -0.25) is 0 Å². The van der Waals surface area contributed by atoms with Gasteiger partial charge in [0, 0.05) is 23.9 Å². The van der Waals surface area contributed by atoms with E-state index in [0.29, 0.717) is 13.0 Å². The lowest BCUT2D eigenvalue weighted by Crippen LogP contribution is -2.26. The van der Waals surface area contributed by atoms with Crippen molar-refractivity contribution in [3.63, 3.8) is 0 Å². The van der Waals surface area contributed by atoms with E-state index < -0.39 is 6.09 Å². The van der Waals surface area contributed by atoms with E-state index in [0.717, 1.165) is 33.2 Å². The summed E-state index contributed by atoms with van der Waals surface area (Å²) in [6.07, 6.45) is 0.228. The number of amides is 1. The monoisotopic (exact) mass is 392 g/mol. The van der Waals surface area contributed by atoms with Crippen LogP contribution in [0.1, 0.15) is 16.8 Å². The molecule has 0 radical (unpaired) electrons. The number of ether oxygens (including phenoxy) is 1. The molecule has 0 saturated heterocycles. The van der Waals surface area contributed by atoms with Gasteiger partial charge in [-0.15, -0.1) is 16.4 Å². The van der Waals surface area contributed by atoms with Gasteiger partial charge in [0.25, 0.3) is 0 Å². The number of nitrogens with one attached hydrogen (secondary N) is 1. The SMILES string of the molecule is Cc1ccccc1-c1nc2scc(CCNC(=O)OCc3ccccc3)n2n1.